The van der Waals surface area contributed by atoms with Crippen LogP contribution in [0, 0.1) is 0 Å². The van der Waals surface area contributed by atoms with Gasteiger partial charge in [0.25, 0.3) is 5.91 Å². The minimum absolute atomic E-state index is 0.105. The quantitative estimate of drug-likeness (QED) is 0.623. The monoisotopic (exact) mass is 407 g/mol. The molecule has 0 spiro atoms. The Kier molecular flexibility index (Phi) is 5.60. The molecular weight excluding hydrogens is 386 g/mol. The first-order chi connectivity index (χ1) is 14.6. The van der Waals surface area contributed by atoms with Crippen LogP contribution in [0.25, 0.3) is 0 Å². The standard InChI is InChI=1S/C21H21N5O4/c1-2-29-16-9-5-15(6-10-16)24-20(28)12-30-17-7-3-14(4-8-17)18-11-19(27)25-21-22-13-23-26(18)21/h3-10,13,18H,2,11-12H2,1H3,(H,24,28)(H,22,23,25,27)/t18-/m0/s1. The molecule has 3 aromatic rings. The zero-order valence-electron chi connectivity index (χ0n) is 16.4. The molecule has 0 saturated heterocycles. The number of nitrogens with one attached hydrogen (secondary N) is 2. The predicted molar refractivity (Wildman–Crippen MR) is 110 cm³/mol. The smallest absolute Gasteiger partial charge is 0.262 e. The Morgan fingerprint density at radius 3 is 2.57 bits per heavy atom. The molecule has 1 aliphatic rings. The van der Waals surface area contributed by atoms with Crippen LogP contribution in [0.15, 0.2) is 54.9 Å². The van der Waals surface area contributed by atoms with E-state index in [1.54, 1.807) is 41.1 Å². The molecule has 2 aromatic carbocycles. The first kappa shape index (κ1) is 19.4. The van der Waals surface area contributed by atoms with Crippen LogP contribution in [0.5, 0.6) is 11.5 Å². The molecule has 9 heteroatoms. The lowest BCUT2D eigenvalue weighted by atomic mass is 10.0. The first-order valence-corrected chi connectivity index (χ1v) is 9.57. The number of hydrogen-bond donors (Lipinski definition) is 2. The van der Waals surface area contributed by atoms with Gasteiger partial charge in [0.15, 0.2) is 6.61 Å². The van der Waals surface area contributed by atoms with Gasteiger partial charge in [-0.15, -0.1) is 0 Å². The largest absolute Gasteiger partial charge is 0.494 e. The van der Waals surface area contributed by atoms with Gasteiger partial charge < -0.3 is 14.8 Å². The fraction of sp³-hybridized carbons (Fsp3) is 0.238. The lowest BCUT2D eigenvalue weighted by Crippen LogP contribution is -2.29. The average molecular weight is 407 g/mol. The van der Waals surface area contributed by atoms with Crippen LogP contribution >= 0.6 is 0 Å². The highest BCUT2D eigenvalue weighted by atomic mass is 16.5. The fourth-order valence-corrected chi connectivity index (χ4v) is 3.20. The Morgan fingerprint density at radius 1 is 1.13 bits per heavy atom. The number of fused-ring (bicyclic) bond motifs is 1. The number of rotatable bonds is 7. The molecule has 0 saturated carbocycles. The van der Waals surface area contributed by atoms with Crippen molar-refractivity contribution in [3.05, 3.63) is 60.4 Å². The molecule has 9 nitrogen and oxygen atoms in total. The zero-order valence-corrected chi connectivity index (χ0v) is 16.4. The minimum atomic E-state index is -0.264. The lowest BCUT2D eigenvalue weighted by Gasteiger charge is -2.23. The molecule has 2 heterocycles. The van der Waals surface area contributed by atoms with E-state index in [2.05, 4.69) is 20.7 Å². The van der Waals surface area contributed by atoms with Crippen molar-refractivity contribution in [1.82, 2.24) is 14.8 Å². The molecule has 0 fully saturated rings. The van der Waals surface area contributed by atoms with Gasteiger partial charge in [-0.05, 0) is 48.9 Å². The van der Waals surface area contributed by atoms with E-state index in [1.165, 1.54) is 6.33 Å². The second kappa shape index (κ2) is 8.64. The second-order valence-electron chi connectivity index (χ2n) is 6.66. The summed E-state index contributed by atoms with van der Waals surface area (Å²) >= 11 is 0. The maximum Gasteiger partial charge on any atom is 0.262 e. The van der Waals surface area contributed by atoms with E-state index < -0.39 is 0 Å². The summed E-state index contributed by atoms with van der Waals surface area (Å²) in [7, 11) is 0. The van der Waals surface area contributed by atoms with Gasteiger partial charge in [-0.1, -0.05) is 12.1 Å². The second-order valence-corrected chi connectivity index (χ2v) is 6.66. The molecule has 4 rings (SSSR count). The number of ether oxygens (including phenoxy) is 2. The number of benzene rings is 2. The Labute approximate surface area is 173 Å². The Balaban J connectivity index is 1.33. The van der Waals surface area contributed by atoms with Crippen molar-refractivity contribution < 1.29 is 19.1 Å². The van der Waals surface area contributed by atoms with Crippen molar-refractivity contribution in [2.75, 3.05) is 23.8 Å². The number of hydrogen-bond acceptors (Lipinski definition) is 6. The third-order valence-corrected chi connectivity index (χ3v) is 4.58. The van der Waals surface area contributed by atoms with E-state index in [0.717, 1.165) is 11.3 Å². The maximum atomic E-state index is 12.1. The van der Waals surface area contributed by atoms with Crippen molar-refractivity contribution in [1.29, 1.82) is 0 Å². The molecule has 1 aromatic heterocycles. The van der Waals surface area contributed by atoms with Crippen molar-refractivity contribution >= 4 is 23.5 Å². The third kappa shape index (κ3) is 4.40. The molecule has 1 aliphatic heterocycles. The van der Waals surface area contributed by atoms with Gasteiger partial charge >= 0.3 is 0 Å². The normalized spacial score (nSPS) is 15.1. The van der Waals surface area contributed by atoms with E-state index in [4.69, 9.17) is 9.47 Å². The van der Waals surface area contributed by atoms with Gasteiger partial charge in [0.05, 0.1) is 19.1 Å². The van der Waals surface area contributed by atoms with Crippen molar-refractivity contribution in [3.63, 3.8) is 0 Å². The van der Waals surface area contributed by atoms with Crippen molar-refractivity contribution in [2.45, 2.75) is 19.4 Å². The molecule has 154 valence electrons. The van der Waals surface area contributed by atoms with Crippen LogP contribution in [0.1, 0.15) is 24.9 Å². The summed E-state index contributed by atoms with van der Waals surface area (Å²) in [6.07, 6.45) is 1.69. The lowest BCUT2D eigenvalue weighted by molar-refractivity contribution is -0.118. The van der Waals surface area contributed by atoms with Gasteiger partial charge in [0.1, 0.15) is 17.8 Å². The van der Waals surface area contributed by atoms with Crippen LogP contribution in [0.4, 0.5) is 11.6 Å². The van der Waals surface area contributed by atoms with Gasteiger partial charge in [-0.25, -0.2) is 4.68 Å². The highest BCUT2D eigenvalue weighted by Crippen LogP contribution is 2.29. The van der Waals surface area contributed by atoms with Crippen LogP contribution in [-0.2, 0) is 9.59 Å². The molecular formula is C21H21N5O4. The van der Waals surface area contributed by atoms with Crippen LogP contribution in [0.3, 0.4) is 0 Å². The fourth-order valence-electron chi connectivity index (χ4n) is 3.20. The first-order valence-electron chi connectivity index (χ1n) is 9.57. The highest BCUT2D eigenvalue weighted by molar-refractivity contribution is 5.92. The summed E-state index contributed by atoms with van der Waals surface area (Å²) in [4.78, 5) is 28.1. The van der Waals surface area contributed by atoms with Crippen molar-refractivity contribution in [3.8, 4) is 11.5 Å². The average Bonchev–Trinajstić information content (AvgIpc) is 3.22. The number of carbonyl (C=O) groups is 2. The van der Waals surface area contributed by atoms with E-state index >= 15 is 0 Å². The Morgan fingerprint density at radius 2 is 1.83 bits per heavy atom. The molecule has 0 bridgehead atoms. The number of carbonyl (C=O) groups excluding carboxylic acids is 2. The van der Waals surface area contributed by atoms with E-state index in [9.17, 15) is 9.59 Å². The predicted octanol–water partition coefficient (Wildman–Crippen LogP) is 2.63. The van der Waals surface area contributed by atoms with Gasteiger partial charge in [0.2, 0.25) is 11.9 Å². The van der Waals surface area contributed by atoms with Crippen molar-refractivity contribution in [2.24, 2.45) is 0 Å². The maximum absolute atomic E-state index is 12.1. The summed E-state index contributed by atoms with van der Waals surface area (Å²) < 4.78 is 12.6. The van der Waals surface area contributed by atoms with Gasteiger partial charge in [0, 0.05) is 5.69 Å². The van der Waals surface area contributed by atoms with Crippen LogP contribution in [0.2, 0.25) is 0 Å². The van der Waals surface area contributed by atoms with Crippen LogP contribution in [-0.4, -0.2) is 39.8 Å². The van der Waals surface area contributed by atoms with E-state index in [1.807, 2.05) is 19.1 Å². The third-order valence-electron chi connectivity index (χ3n) is 4.58. The molecule has 2 N–H and O–H groups in total. The topological polar surface area (TPSA) is 107 Å². The summed E-state index contributed by atoms with van der Waals surface area (Å²) in [6, 6.07) is 14.2. The number of aromatic nitrogens is 3. The SMILES string of the molecule is CCOc1ccc(NC(=O)COc2ccc([C@@H]3CC(=O)Nc4ncnn43)cc2)cc1. The van der Waals surface area contributed by atoms with Crippen LogP contribution < -0.4 is 20.1 Å². The van der Waals surface area contributed by atoms with E-state index in [-0.39, 0.29) is 30.9 Å². The molecule has 0 radical (unpaired) electrons. The summed E-state index contributed by atoms with van der Waals surface area (Å²) in [5, 5.41) is 9.65. The van der Waals surface area contributed by atoms with Gasteiger partial charge in [-0.2, -0.15) is 10.1 Å². The summed E-state index contributed by atoms with van der Waals surface area (Å²) in [6.45, 7) is 2.38. The zero-order chi connectivity index (χ0) is 20.9. The number of amides is 2. The Hall–Kier alpha value is -3.88. The Bertz CT molecular complexity index is 1030. The molecule has 30 heavy (non-hydrogen) atoms. The molecule has 0 aliphatic carbocycles. The summed E-state index contributed by atoms with van der Waals surface area (Å²) in [5.74, 6) is 1.37. The molecule has 2 amide bonds. The minimum Gasteiger partial charge on any atom is -0.494 e. The highest BCUT2D eigenvalue weighted by Gasteiger charge is 2.27. The molecule has 1 atom stereocenters. The van der Waals surface area contributed by atoms with Gasteiger partial charge in [-0.3, -0.25) is 14.9 Å². The number of nitrogens with zero attached hydrogens (tertiary/aromatic N) is 3. The van der Waals surface area contributed by atoms with E-state index in [0.29, 0.717) is 24.0 Å². The number of anilines is 2. The molecule has 0 unspecified atom stereocenters. The summed E-state index contributed by atoms with van der Waals surface area (Å²) in [5.41, 5.74) is 1.57.